The summed E-state index contributed by atoms with van der Waals surface area (Å²) < 4.78 is 0. The Hall–Kier alpha value is -0.0800. The zero-order valence-corrected chi connectivity index (χ0v) is 14.3. The standard InChI is InChI=1S/C17H36N2/c1-8-17(5,6)13-9-10-14(18)15(11-13)19(7)12-16(2,3)4/h13-15H,8-12,18H2,1-7H3. The van der Waals surface area contributed by atoms with Crippen LogP contribution in [0.1, 0.15) is 67.2 Å². The summed E-state index contributed by atoms with van der Waals surface area (Å²) in [6, 6.07) is 0.917. The third kappa shape index (κ3) is 4.75. The molecule has 114 valence electrons. The fourth-order valence-corrected chi connectivity index (χ4v) is 3.54. The van der Waals surface area contributed by atoms with Gasteiger partial charge in [0, 0.05) is 18.6 Å². The second-order valence-corrected chi connectivity index (χ2v) is 8.56. The lowest BCUT2D eigenvalue weighted by Crippen LogP contribution is -2.53. The maximum Gasteiger partial charge on any atom is 0.0247 e. The fourth-order valence-electron chi connectivity index (χ4n) is 3.54. The smallest absolute Gasteiger partial charge is 0.0247 e. The maximum absolute atomic E-state index is 6.40. The number of hydrogen-bond acceptors (Lipinski definition) is 2. The molecular formula is C17H36N2. The average Bonchev–Trinajstić information content (AvgIpc) is 2.26. The molecule has 2 nitrogen and oxygen atoms in total. The van der Waals surface area contributed by atoms with E-state index in [1.165, 1.54) is 25.7 Å². The van der Waals surface area contributed by atoms with E-state index in [0.29, 0.717) is 22.9 Å². The van der Waals surface area contributed by atoms with Crippen molar-refractivity contribution in [3.8, 4) is 0 Å². The first kappa shape index (κ1) is 17.0. The highest BCUT2D eigenvalue weighted by Crippen LogP contribution is 2.41. The Bertz CT molecular complexity index is 277. The van der Waals surface area contributed by atoms with Crippen LogP contribution in [-0.2, 0) is 0 Å². The van der Waals surface area contributed by atoms with E-state index in [9.17, 15) is 0 Å². The molecule has 19 heavy (non-hydrogen) atoms. The number of nitrogens with zero attached hydrogens (tertiary/aromatic N) is 1. The molecular weight excluding hydrogens is 232 g/mol. The van der Waals surface area contributed by atoms with E-state index in [-0.39, 0.29) is 0 Å². The van der Waals surface area contributed by atoms with Crippen LogP contribution in [0, 0.1) is 16.7 Å². The lowest BCUT2D eigenvalue weighted by atomic mass is 9.67. The summed E-state index contributed by atoms with van der Waals surface area (Å²) in [5.41, 5.74) is 7.21. The van der Waals surface area contributed by atoms with Crippen molar-refractivity contribution in [1.82, 2.24) is 4.90 Å². The molecule has 3 unspecified atom stereocenters. The molecule has 2 N–H and O–H groups in total. The first-order chi connectivity index (χ1) is 8.57. The van der Waals surface area contributed by atoms with Crippen LogP contribution in [0.4, 0.5) is 0 Å². The van der Waals surface area contributed by atoms with Crippen LogP contribution in [0.25, 0.3) is 0 Å². The van der Waals surface area contributed by atoms with E-state index in [4.69, 9.17) is 5.73 Å². The lowest BCUT2D eigenvalue weighted by molar-refractivity contribution is 0.0579. The summed E-state index contributed by atoms with van der Waals surface area (Å²) in [4.78, 5) is 2.52. The number of rotatable bonds is 4. The summed E-state index contributed by atoms with van der Waals surface area (Å²) in [5.74, 6) is 0.824. The lowest BCUT2D eigenvalue weighted by Gasteiger charge is -2.46. The summed E-state index contributed by atoms with van der Waals surface area (Å²) in [6.07, 6.45) is 5.03. The quantitative estimate of drug-likeness (QED) is 0.838. The summed E-state index contributed by atoms with van der Waals surface area (Å²) in [7, 11) is 2.26. The minimum absolute atomic E-state index is 0.349. The summed E-state index contributed by atoms with van der Waals surface area (Å²) in [5, 5.41) is 0. The molecule has 0 aliphatic heterocycles. The second kappa shape index (κ2) is 6.13. The molecule has 2 heteroatoms. The third-order valence-corrected chi connectivity index (χ3v) is 5.17. The molecule has 1 fully saturated rings. The molecule has 1 saturated carbocycles. The van der Waals surface area contributed by atoms with E-state index >= 15 is 0 Å². The molecule has 3 atom stereocenters. The zero-order valence-electron chi connectivity index (χ0n) is 14.3. The van der Waals surface area contributed by atoms with Crippen molar-refractivity contribution in [1.29, 1.82) is 0 Å². The molecule has 0 spiro atoms. The van der Waals surface area contributed by atoms with E-state index < -0.39 is 0 Å². The molecule has 0 aromatic rings. The van der Waals surface area contributed by atoms with Gasteiger partial charge in [0.2, 0.25) is 0 Å². The predicted octanol–water partition coefficient (Wildman–Crippen LogP) is 3.90. The minimum atomic E-state index is 0.349. The van der Waals surface area contributed by atoms with Crippen LogP contribution in [-0.4, -0.2) is 30.6 Å². The summed E-state index contributed by atoms with van der Waals surface area (Å²) >= 11 is 0. The molecule has 1 rings (SSSR count). The van der Waals surface area contributed by atoms with Crippen molar-refractivity contribution >= 4 is 0 Å². The van der Waals surface area contributed by atoms with Gasteiger partial charge in [-0.05, 0) is 43.1 Å². The first-order valence-electron chi connectivity index (χ1n) is 8.02. The van der Waals surface area contributed by atoms with Crippen LogP contribution in [0.3, 0.4) is 0 Å². The van der Waals surface area contributed by atoms with Crippen molar-refractivity contribution < 1.29 is 0 Å². The monoisotopic (exact) mass is 268 g/mol. The molecule has 1 aliphatic carbocycles. The summed E-state index contributed by atoms with van der Waals surface area (Å²) in [6.45, 7) is 15.2. The van der Waals surface area contributed by atoms with Crippen molar-refractivity contribution in [3.63, 3.8) is 0 Å². The third-order valence-electron chi connectivity index (χ3n) is 5.17. The largest absolute Gasteiger partial charge is 0.326 e. The highest BCUT2D eigenvalue weighted by atomic mass is 15.2. The van der Waals surface area contributed by atoms with Gasteiger partial charge in [0.1, 0.15) is 0 Å². The van der Waals surface area contributed by atoms with Crippen LogP contribution < -0.4 is 5.73 Å². The Morgan fingerprint density at radius 3 is 2.16 bits per heavy atom. The average molecular weight is 268 g/mol. The topological polar surface area (TPSA) is 29.3 Å². The molecule has 0 aromatic heterocycles. The van der Waals surface area contributed by atoms with Gasteiger partial charge < -0.3 is 10.6 Å². The highest BCUT2D eigenvalue weighted by Gasteiger charge is 2.37. The van der Waals surface area contributed by atoms with Gasteiger partial charge in [-0.3, -0.25) is 0 Å². The van der Waals surface area contributed by atoms with E-state index in [1.807, 2.05) is 0 Å². The Labute approximate surface area is 121 Å². The van der Waals surface area contributed by atoms with Gasteiger partial charge in [-0.15, -0.1) is 0 Å². The van der Waals surface area contributed by atoms with Crippen molar-refractivity contribution in [2.45, 2.75) is 79.3 Å². The Morgan fingerprint density at radius 2 is 1.68 bits per heavy atom. The van der Waals surface area contributed by atoms with Crippen LogP contribution in [0.2, 0.25) is 0 Å². The van der Waals surface area contributed by atoms with Crippen molar-refractivity contribution in [2.24, 2.45) is 22.5 Å². The van der Waals surface area contributed by atoms with Crippen LogP contribution in [0.5, 0.6) is 0 Å². The molecule has 0 bridgehead atoms. The van der Waals surface area contributed by atoms with Gasteiger partial charge in [-0.2, -0.15) is 0 Å². The van der Waals surface area contributed by atoms with E-state index in [1.54, 1.807) is 0 Å². The Balaban J connectivity index is 2.71. The van der Waals surface area contributed by atoms with Gasteiger partial charge in [0.25, 0.3) is 0 Å². The van der Waals surface area contributed by atoms with Gasteiger partial charge in [0.15, 0.2) is 0 Å². The van der Waals surface area contributed by atoms with Crippen LogP contribution in [0.15, 0.2) is 0 Å². The Kier molecular flexibility index (Phi) is 5.48. The van der Waals surface area contributed by atoms with Crippen molar-refractivity contribution in [2.75, 3.05) is 13.6 Å². The molecule has 0 radical (unpaired) electrons. The van der Waals surface area contributed by atoms with Gasteiger partial charge in [-0.25, -0.2) is 0 Å². The maximum atomic E-state index is 6.40. The molecule has 0 heterocycles. The molecule has 0 amide bonds. The first-order valence-corrected chi connectivity index (χ1v) is 8.02. The van der Waals surface area contributed by atoms with Crippen LogP contribution >= 0.6 is 0 Å². The highest BCUT2D eigenvalue weighted by molar-refractivity contribution is 4.93. The predicted molar refractivity (Wildman–Crippen MR) is 85.3 cm³/mol. The second-order valence-electron chi connectivity index (χ2n) is 8.56. The minimum Gasteiger partial charge on any atom is -0.326 e. The SMILES string of the molecule is CCC(C)(C)C1CCC(N)C(N(C)CC(C)(C)C)C1. The normalized spacial score (nSPS) is 29.8. The molecule has 0 aromatic carbocycles. The zero-order chi connectivity index (χ0) is 14.8. The van der Waals surface area contributed by atoms with Crippen molar-refractivity contribution in [3.05, 3.63) is 0 Å². The van der Waals surface area contributed by atoms with E-state index in [2.05, 4.69) is 53.5 Å². The Morgan fingerprint density at radius 1 is 1.11 bits per heavy atom. The van der Waals surface area contributed by atoms with Gasteiger partial charge >= 0.3 is 0 Å². The fraction of sp³-hybridized carbons (Fsp3) is 1.00. The molecule has 1 aliphatic rings. The number of likely N-dealkylation sites (N-methyl/N-ethyl adjacent to an activating group) is 1. The van der Waals surface area contributed by atoms with Gasteiger partial charge in [0.05, 0.1) is 0 Å². The van der Waals surface area contributed by atoms with Gasteiger partial charge in [-0.1, -0.05) is 48.0 Å². The van der Waals surface area contributed by atoms with E-state index in [0.717, 1.165) is 12.5 Å². The molecule has 0 saturated heterocycles. The number of nitrogens with two attached hydrogens (primary N) is 1. The number of hydrogen-bond donors (Lipinski definition) is 1.